The molecule has 1 fully saturated rings. The number of nitrogens with one attached hydrogen (secondary N) is 1. The minimum atomic E-state index is -0.438. The Balaban J connectivity index is 1.66. The van der Waals surface area contributed by atoms with Gasteiger partial charge in [-0.05, 0) is 45.0 Å². The first-order valence-electron chi connectivity index (χ1n) is 8.40. The van der Waals surface area contributed by atoms with Crippen LogP contribution in [-0.2, 0) is 0 Å². The van der Waals surface area contributed by atoms with Crippen LogP contribution in [0.5, 0.6) is 5.75 Å². The van der Waals surface area contributed by atoms with E-state index in [0.717, 1.165) is 18.8 Å². The zero-order valence-corrected chi connectivity index (χ0v) is 13.9. The molecule has 3 rings (SSSR count). The lowest BCUT2D eigenvalue weighted by Gasteiger charge is -2.20. The van der Waals surface area contributed by atoms with Gasteiger partial charge in [0.25, 0.3) is 0 Å². The minimum absolute atomic E-state index is 0.156. The van der Waals surface area contributed by atoms with Crippen LogP contribution in [0.2, 0.25) is 0 Å². The van der Waals surface area contributed by atoms with Gasteiger partial charge in [-0.2, -0.15) is 0 Å². The van der Waals surface area contributed by atoms with Gasteiger partial charge in [-0.25, -0.2) is 9.97 Å². The lowest BCUT2D eigenvalue weighted by Crippen LogP contribution is -2.34. The van der Waals surface area contributed by atoms with Crippen LogP contribution in [-0.4, -0.2) is 57.4 Å². The average molecular weight is 328 g/mol. The predicted octanol–water partition coefficient (Wildman–Crippen LogP) is 2.03. The van der Waals surface area contributed by atoms with Crippen LogP contribution in [0.15, 0.2) is 30.3 Å². The summed E-state index contributed by atoms with van der Waals surface area (Å²) in [6, 6.07) is 8.85. The largest absolute Gasteiger partial charge is 0.507 e. The maximum absolute atomic E-state index is 10.2. The van der Waals surface area contributed by atoms with E-state index < -0.39 is 6.10 Å². The van der Waals surface area contributed by atoms with Crippen molar-refractivity contribution >= 4 is 5.82 Å². The fourth-order valence-electron chi connectivity index (χ4n) is 2.99. The summed E-state index contributed by atoms with van der Waals surface area (Å²) >= 11 is 0. The number of aromatic nitrogens is 2. The smallest absolute Gasteiger partial charge is 0.165 e. The molecule has 0 unspecified atom stereocenters. The van der Waals surface area contributed by atoms with E-state index in [1.165, 1.54) is 12.8 Å². The molecule has 6 nitrogen and oxygen atoms in total. The van der Waals surface area contributed by atoms with E-state index in [1.54, 1.807) is 18.2 Å². The fraction of sp³-hybridized carbons (Fsp3) is 0.444. The lowest BCUT2D eigenvalue weighted by atomic mass is 10.2. The van der Waals surface area contributed by atoms with Gasteiger partial charge >= 0.3 is 0 Å². The van der Waals surface area contributed by atoms with Crippen molar-refractivity contribution in [3.8, 4) is 17.1 Å². The summed E-state index contributed by atoms with van der Waals surface area (Å²) in [6.45, 7) is 5.15. The molecule has 2 aromatic rings. The van der Waals surface area contributed by atoms with E-state index in [9.17, 15) is 10.2 Å². The van der Waals surface area contributed by atoms with E-state index in [-0.39, 0.29) is 5.75 Å². The van der Waals surface area contributed by atoms with E-state index in [0.29, 0.717) is 30.3 Å². The van der Waals surface area contributed by atoms with Crippen molar-refractivity contribution in [2.75, 3.05) is 31.5 Å². The van der Waals surface area contributed by atoms with E-state index in [2.05, 4.69) is 20.2 Å². The zero-order valence-electron chi connectivity index (χ0n) is 13.9. The van der Waals surface area contributed by atoms with Crippen LogP contribution in [0, 0.1) is 6.92 Å². The molecule has 0 bridgehead atoms. The van der Waals surface area contributed by atoms with Crippen molar-refractivity contribution in [2.24, 2.45) is 0 Å². The molecular formula is C18H24N4O2. The van der Waals surface area contributed by atoms with Gasteiger partial charge in [0.1, 0.15) is 11.6 Å². The molecule has 1 aliphatic rings. The Morgan fingerprint density at radius 3 is 2.71 bits per heavy atom. The van der Waals surface area contributed by atoms with Crippen LogP contribution in [0.3, 0.4) is 0 Å². The van der Waals surface area contributed by atoms with Crippen molar-refractivity contribution in [3.05, 3.63) is 36.0 Å². The second-order valence-corrected chi connectivity index (χ2v) is 6.28. The monoisotopic (exact) mass is 328 g/mol. The Hall–Kier alpha value is -2.18. The number of likely N-dealkylation sites (tertiary alicyclic amines) is 1. The third-order valence-electron chi connectivity index (χ3n) is 4.19. The highest BCUT2D eigenvalue weighted by molar-refractivity contribution is 5.64. The highest BCUT2D eigenvalue weighted by Gasteiger charge is 2.16. The Morgan fingerprint density at radius 2 is 1.96 bits per heavy atom. The Morgan fingerprint density at radius 1 is 1.21 bits per heavy atom. The number of aliphatic hydroxyl groups is 1. The molecule has 1 aliphatic heterocycles. The summed E-state index contributed by atoms with van der Waals surface area (Å²) < 4.78 is 0. The third-order valence-corrected chi connectivity index (χ3v) is 4.19. The van der Waals surface area contributed by atoms with E-state index >= 15 is 0 Å². The standard InChI is InChI=1S/C18H24N4O2/c1-13-10-17(19-11-14(23)12-22-8-4-5-9-22)21-18(20-13)15-6-2-3-7-16(15)24/h2-3,6-7,10,14,23-24H,4-5,8-9,11-12H2,1H3,(H,19,20,21)/t14-/m1/s1. The molecular weight excluding hydrogens is 304 g/mol. The van der Waals surface area contributed by atoms with Crippen molar-refractivity contribution in [1.29, 1.82) is 0 Å². The van der Waals surface area contributed by atoms with Crippen LogP contribution in [0.25, 0.3) is 11.4 Å². The molecule has 6 heteroatoms. The quantitative estimate of drug-likeness (QED) is 0.753. The highest BCUT2D eigenvalue weighted by atomic mass is 16.3. The second-order valence-electron chi connectivity index (χ2n) is 6.28. The molecule has 0 spiro atoms. The van der Waals surface area contributed by atoms with Gasteiger partial charge < -0.3 is 20.4 Å². The van der Waals surface area contributed by atoms with Crippen molar-refractivity contribution < 1.29 is 10.2 Å². The molecule has 0 radical (unpaired) electrons. The lowest BCUT2D eigenvalue weighted by molar-refractivity contribution is 0.135. The average Bonchev–Trinajstić information content (AvgIpc) is 3.06. The highest BCUT2D eigenvalue weighted by Crippen LogP contribution is 2.26. The normalized spacial score (nSPS) is 16.2. The topological polar surface area (TPSA) is 81.5 Å². The SMILES string of the molecule is Cc1cc(NC[C@@H](O)CN2CCCC2)nc(-c2ccccc2O)n1. The molecule has 128 valence electrons. The maximum Gasteiger partial charge on any atom is 0.165 e. The summed E-state index contributed by atoms with van der Waals surface area (Å²) in [5.41, 5.74) is 1.40. The number of hydrogen-bond acceptors (Lipinski definition) is 6. The Bertz CT molecular complexity index is 686. The molecule has 24 heavy (non-hydrogen) atoms. The molecule has 0 amide bonds. The number of para-hydroxylation sites is 1. The van der Waals surface area contributed by atoms with E-state index in [1.807, 2.05) is 19.1 Å². The number of hydrogen-bond donors (Lipinski definition) is 3. The van der Waals surface area contributed by atoms with Crippen LogP contribution >= 0.6 is 0 Å². The molecule has 1 saturated heterocycles. The van der Waals surface area contributed by atoms with Gasteiger partial charge in [-0.1, -0.05) is 12.1 Å². The molecule has 1 aromatic carbocycles. The molecule has 0 saturated carbocycles. The van der Waals surface area contributed by atoms with Gasteiger partial charge in [-0.3, -0.25) is 0 Å². The number of benzene rings is 1. The zero-order chi connectivity index (χ0) is 16.9. The third kappa shape index (κ3) is 4.21. The van der Waals surface area contributed by atoms with Gasteiger partial charge in [0.05, 0.1) is 11.7 Å². The number of aromatic hydroxyl groups is 1. The van der Waals surface area contributed by atoms with Gasteiger partial charge in [-0.15, -0.1) is 0 Å². The molecule has 0 aliphatic carbocycles. The van der Waals surface area contributed by atoms with Crippen molar-refractivity contribution in [2.45, 2.75) is 25.9 Å². The number of nitrogens with zero attached hydrogens (tertiary/aromatic N) is 3. The summed E-state index contributed by atoms with van der Waals surface area (Å²) in [5, 5.41) is 23.3. The van der Waals surface area contributed by atoms with Gasteiger partial charge in [0, 0.05) is 24.8 Å². The fourth-order valence-corrected chi connectivity index (χ4v) is 2.99. The number of aryl methyl sites for hydroxylation is 1. The molecule has 3 N–H and O–H groups in total. The van der Waals surface area contributed by atoms with Crippen molar-refractivity contribution in [3.63, 3.8) is 0 Å². The summed E-state index contributed by atoms with van der Waals surface area (Å²) in [6.07, 6.45) is 2.00. The maximum atomic E-state index is 10.2. The Kier molecular flexibility index (Phi) is 5.27. The van der Waals surface area contributed by atoms with Crippen LogP contribution in [0.4, 0.5) is 5.82 Å². The first kappa shape index (κ1) is 16.7. The molecule has 1 aromatic heterocycles. The van der Waals surface area contributed by atoms with E-state index in [4.69, 9.17) is 0 Å². The number of phenolic OH excluding ortho intramolecular Hbond substituents is 1. The number of phenols is 1. The number of aliphatic hydroxyl groups excluding tert-OH is 1. The van der Waals surface area contributed by atoms with Gasteiger partial charge in [0.15, 0.2) is 5.82 Å². The second kappa shape index (κ2) is 7.59. The van der Waals surface area contributed by atoms with Crippen LogP contribution in [0.1, 0.15) is 18.5 Å². The first-order chi connectivity index (χ1) is 11.6. The minimum Gasteiger partial charge on any atom is -0.507 e. The number of anilines is 1. The Labute approximate surface area is 142 Å². The molecule has 1 atom stereocenters. The summed E-state index contributed by atoms with van der Waals surface area (Å²) in [4.78, 5) is 11.1. The van der Waals surface area contributed by atoms with Gasteiger partial charge in [0.2, 0.25) is 0 Å². The molecule has 2 heterocycles. The number of rotatable bonds is 6. The predicted molar refractivity (Wildman–Crippen MR) is 94.0 cm³/mol. The summed E-state index contributed by atoms with van der Waals surface area (Å²) in [5.74, 6) is 1.29. The number of β-amino-alcohol motifs (C(OH)–C–C–N with tert-alkyl or cyclic N) is 1. The first-order valence-corrected chi connectivity index (χ1v) is 8.40. The summed E-state index contributed by atoms with van der Waals surface area (Å²) in [7, 11) is 0. The van der Waals surface area contributed by atoms with Crippen molar-refractivity contribution in [1.82, 2.24) is 14.9 Å². The van der Waals surface area contributed by atoms with Crippen LogP contribution < -0.4 is 5.32 Å².